The molecule has 0 saturated heterocycles. The number of nitrogens with zero attached hydrogens (tertiary/aromatic N) is 1. The molecule has 0 saturated carbocycles. The van der Waals surface area contributed by atoms with Gasteiger partial charge in [-0.25, -0.2) is 0 Å². The highest BCUT2D eigenvalue weighted by Gasteiger charge is 2.18. The van der Waals surface area contributed by atoms with E-state index in [4.69, 9.17) is 5.11 Å². The zero-order valence-corrected chi connectivity index (χ0v) is 10.1. The zero-order chi connectivity index (χ0) is 12.8. The van der Waals surface area contributed by atoms with Gasteiger partial charge >= 0.3 is 0 Å². The lowest BCUT2D eigenvalue weighted by atomic mass is 10.2. The number of aliphatic hydroxyl groups is 1. The third-order valence-electron chi connectivity index (χ3n) is 2.44. The zero-order valence-electron chi connectivity index (χ0n) is 10.1. The summed E-state index contributed by atoms with van der Waals surface area (Å²) in [6.07, 6.45) is 0.529. The SMILES string of the molecule is CC(C)N(CCCO)C(=O)c1cccc(=O)[nH]1. The Bertz CT molecular complexity index is 426. The van der Waals surface area contributed by atoms with Gasteiger partial charge in [0.05, 0.1) is 0 Å². The number of carbonyl (C=O) groups is 1. The van der Waals surface area contributed by atoms with Crippen LogP contribution in [0.4, 0.5) is 0 Å². The molecule has 0 aliphatic heterocycles. The molecule has 0 aliphatic carbocycles. The second-order valence-corrected chi connectivity index (χ2v) is 4.10. The van der Waals surface area contributed by atoms with E-state index in [-0.39, 0.29) is 29.8 Å². The summed E-state index contributed by atoms with van der Waals surface area (Å²) >= 11 is 0. The van der Waals surface area contributed by atoms with Crippen molar-refractivity contribution in [1.29, 1.82) is 0 Å². The first-order valence-electron chi connectivity index (χ1n) is 5.67. The maximum Gasteiger partial charge on any atom is 0.270 e. The van der Waals surface area contributed by atoms with Crippen LogP contribution in [0.3, 0.4) is 0 Å². The Labute approximate surface area is 100 Å². The van der Waals surface area contributed by atoms with Crippen molar-refractivity contribution >= 4 is 5.91 Å². The highest BCUT2D eigenvalue weighted by Crippen LogP contribution is 2.06. The van der Waals surface area contributed by atoms with Crippen LogP contribution in [0.2, 0.25) is 0 Å². The van der Waals surface area contributed by atoms with Crippen LogP contribution in [0.25, 0.3) is 0 Å². The van der Waals surface area contributed by atoms with Crippen LogP contribution >= 0.6 is 0 Å². The fourth-order valence-corrected chi connectivity index (χ4v) is 1.56. The topological polar surface area (TPSA) is 73.4 Å². The van der Waals surface area contributed by atoms with Crippen molar-refractivity contribution in [3.05, 3.63) is 34.2 Å². The number of amides is 1. The molecule has 0 spiro atoms. The smallest absolute Gasteiger partial charge is 0.270 e. The lowest BCUT2D eigenvalue weighted by Gasteiger charge is -2.26. The van der Waals surface area contributed by atoms with Gasteiger partial charge in [-0.05, 0) is 26.3 Å². The molecule has 1 rings (SSSR count). The molecular formula is C12H18N2O3. The summed E-state index contributed by atoms with van der Waals surface area (Å²) in [6.45, 7) is 4.32. The third kappa shape index (κ3) is 3.71. The number of hydrogen-bond acceptors (Lipinski definition) is 3. The van der Waals surface area contributed by atoms with E-state index in [9.17, 15) is 9.59 Å². The Morgan fingerprint density at radius 2 is 2.18 bits per heavy atom. The van der Waals surface area contributed by atoms with Crippen molar-refractivity contribution in [3.63, 3.8) is 0 Å². The number of nitrogens with one attached hydrogen (secondary N) is 1. The second kappa shape index (κ2) is 6.20. The van der Waals surface area contributed by atoms with Crippen LogP contribution in [-0.2, 0) is 0 Å². The molecule has 0 unspecified atom stereocenters. The van der Waals surface area contributed by atoms with Gasteiger partial charge in [-0.2, -0.15) is 0 Å². The molecular weight excluding hydrogens is 220 g/mol. The molecule has 0 radical (unpaired) electrons. The van der Waals surface area contributed by atoms with Gasteiger partial charge in [0.25, 0.3) is 5.91 Å². The highest BCUT2D eigenvalue weighted by atomic mass is 16.3. The molecule has 94 valence electrons. The van der Waals surface area contributed by atoms with Crippen LogP contribution in [0.5, 0.6) is 0 Å². The van der Waals surface area contributed by atoms with E-state index in [2.05, 4.69) is 4.98 Å². The van der Waals surface area contributed by atoms with Crippen LogP contribution in [0.15, 0.2) is 23.0 Å². The lowest BCUT2D eigenvalue weighted by Crippen LogP contribution is -2.39. The molecule has 17 heavy (non-hydrogen) atoms. The average Bonchev–Trinajstić information content (AvgIpc) is 2.29. The van der Waals surface area contributed by atoms with Crippen molar-refractivity contribution in [1.82, 2.24) is 9.88 Å². The number of aromatic amines is 1. The Hall–Kier alpha value is -1.62. The number of aromatic nitrogens is 1. The van der Waals surface area contributed by atoms with Crippen molar-refractivity contribution in [2.24, 2.45) is 0 Å². The fourth-order valence-electron chi connectivity index (χ4n) is 1.56. The largest absolute Gasteiger partial charge is 0.396 e. The minimum Gasteiger partial charge on any atom is -0.396 e. The van der Waals surface area contributed by atoms with Gasteiger partial charge < -0.3 is 15.0 Å². The van der Waals surface area contributed by atoms with Gasteiger partial charge in [-0.3, -0.25) is 9.59 Å². The van der Waals surface area contributed by atoms with E-state index in [1.165, 1.54) is 6.07 Å². The Morgan fingerprint density at radius 1 is 1.47 bits per heavy atom. The first-order valence-corrected chi connectivity index (χ1v) is 5.67. The second-order valence-electron chi connectivity index (χ2n) is 4.10. The normalized spacial score (nSPS) is 10.6. The van der Waals surface area contributed by atoms with Crippen LogP contribution < -0.4 is 5.56 Å². The molecule has 0 aliphatic rings. The third-order valence-corrected chi connectivity index (χ3v) is 2.44. The number of H-pyrrole nitrogens is 1. The quantitative estimate of drug-likeness (QED) is 0.789. The number of carbonyl (C=O) groups excluding carboxylic acids is 1. The van der Waals surface area contributed by atoms with Gasteiger partial charge in [-0.15, -0.1) is 0 Å². The number of rotatable bonds is 5. The Morgan fingerprint density at radius 3 is 2.71 bits per heavy atom. The van der Waals surface area contributed by atoms with Crippen LogP contribution in [-0.4, -0.2) is 40.1 Å². The standard InChI is InChI=1S/C12H18N2O3/c1-9(2)14(7-4-8-15)12(17)10-5-3-6-11(16)13-10/h3,5-6,9,15H,4,7-8H2,1-2H3,(H,13,16). The predicted octanol–water partition coefficient (Wildman–Crippen LogP) is 0.608. The average molecular weight is 238 g/mol. The summed E-state index contributed by atoms with van der Waals surface area (Å²) in [5, 5.41) is 8.80. The number of hydrogen-bond donors (Lipinski definition) is 2. The first kappa shape index (κ1) is 13.4. The maximum atomic E-state index is 12.1. The van der Waals surface area contributed by atoms with Crippen molar-refractivity contribution in [2.75, 3.05) is 13.2 Å². The molecule has 1 aromatic rings. The highest BCUT2D eigenvalue weighted by molar-refractivity contribution is 5.92. The van der Waals surface area contributed by atoms with E-state index in [1.807, 2.05) is 13.8 Å². The van der Waals surface area contributed by atoms with Gasteiger partial charge in [0, 0.05) is 25.3 Å². The van der Waals surface area contributed by atoms with E-state index >= 15 is 0 Å². The van der Waals surface area contributed by atoms with Crippen molar-refractivity contribution in [2.45, 2.75) is 26.3 Å². The van der Waals surface area contributed by atoms with Gasteiger partial charge in [-0.1, -0.05) is 6.07 Å². The fraction of sp³-hybridized carbons (Fsp3) is 0.500. The summed E-state index contributed by atoms with van der Waals surface area (Å²) in [5.74, 6) is -0.217. The van der Waals surface area contributed by atoms with Gasteiger partial charge in [0.2, 0.25) is 5.56 Å². The molecule has 5 heteroatoms. The Balaban J connectivity index is 2.87. The number of aliphatic hydroxyl groups excluding tert-OH is 1. The maximum absolute atomic E-state index is 12.1. The molecule has 1 aromatic heterocycles. The summed E-state index contributed by atoms with van der Waals surface area (Å²) in [4.78, 5) is 27.4. The lowest BCUT2D eigenvalue weighted by molar-refractivity contribution is 0.0687. The van der Waals surface area contributed by atoms with E-state index in [1.54, 1.807) is 17.0 Å². The molecule has 0 atom stereocenters. The molecule has 1 amide bonds. The van der Waals surface area contributed by atoms with Gasteiger partial charge in [0.1, 0.15) is 5.69 Å². The molecule has 0 fully saturated rings. The summed E-state index contributed by atoms with van der Waals surface area (Å²) in [7, 11) is 0. The minimum atomic E-state index is -0.290. The van der Waals surface area contributed by atoms with E-state index in [0.29, 0.717) is 13.0 Å². The summed E-state index contributed by atoms with van der Waals surface area (Å²) < 4.78 is 0. The first-order chi connectivity index (χ1) is 8.06. The predicted molar refractivity (Wildman–Crippen MR) is 64.9 cm³/mol. The Kier molecular flexibility index (Phi) is 4.90. The summed E-state index contributed by atoms with van der Waals surface area (Å²) in [5.41, 5.74) is -0.00847. The molecule has 0 bridgehead atoms. The van der Waals surface area contributed by atoms with Gasteiger partial charge in [0.15, 0.2) is 0 Å². The van der Waals surface area contributed by atoms with Crippen LogP contribution in [0.1, 0.15) is 30.8 Å². The summed E-state index contributed by atoms with van der Waals surface area (Å²) in [6, 6.07) is 4.52. The van der Waals surface area contributed by atoms with E-state index < -0.39 is 0 Å². The monoisotopic (exact) mass is 238 g/mol. The molecule has 2 N–H and O–H groups in total. The van der Waals surface area contributed by atoms with Crippen LogP contribution in [0, 0.1) is 0 Å². The van der Waals surface area contributed by atoms with Crippen molar-refractivity contribution in [3.8, 4) is 0 Å². The molecule has 1 heterocycles. The van der Waals surface area contributed by atoms with E-state index in [0.717, 1.165) is 0 Å². The molecule has 0 aromatic carbocycles. The van der Waals surface area contributed by atoms with Crippen molar-refractivity contribution < 1.29 is 9.90 Å². The molecule has 5 nitrogen and oxygen atoms in total. The minimum absolute atomic E-state index is 0.0257. The number of pyridine rings is 1.